The number of hydrogen-bond donors (Lipinski definition) is 0. The zero-order valence-corrected chi connectivity index (χ0v) is 13.3. The van der Waals surface area contributed by atoms with E-state index in [4.69, 9.17) is 14.7 Å². The van der Waals surface area contributed by atoms with Crippen molar-refractivity contribution in [1.82, 2.24) is 4.98 Å². The van der Waals surface area contributed by atoms with Gasteiger partial charge in [0, 0.05) is 10.9 Å². The summed E-state index contributed by atoms with van der Waals surface area (Å²) in [5, 5.41) is 12.0. The highest BCUT2D eigenvalue weighted by Crippen LogP contribution is 2.26. The van der Waals surface area contributed by atoms with E-state index in [1.54, 1.807) is 30.6 Å². The van der Waals surface area contributed by atoms with Crippen LogP contribution in [0.3, 0.4) is 0 Å². The molecule has 2 aromatic carbocycles. The Hall–Kier alpha value is -2.84. The number of rotatable bonds is 5. The molecule has 0 fully saturated rings. The minimum absolute atomic E-state index is 0.339. The lowest BCUT2D eigenvalue weighted by Crippen LogP contribution is -1.97. The van der Waals surface area contributed by atoms with Crippen LogP contribution in [0.4, 0.5) is 0 Å². The molecule has 0 N–H and O–H groups in total. The Morgan fingerprint density at radius 1 is 1.13 bits per heavy atom. The van der Waals surface area contributed by atoms with Crippen molar-refractivity contribution < 1.29 is 9.47 Å². The molecule has 0 atom stereocenters. The molecular formula is C18H14N2O2S. The van der Waals surface area contributed by atoms with Crippen molar-refractivity contribution in [3.8, 4) is 28.1 Å². The fourth-order valence-corrected chi connectivity index (χ4v) is 2.89. The number of hydrogen-bond acceptors (Lipinski definition) is 5. The van der Waals surface area contributed by atoms with Gasteiger partial charge in [0.1, 0.15) is 29.2 Å². The topological polar surface area (TPSA) is 55.1 Å². The molecule has 4 nitrogen and oxygen atoms in total. The molecule has 1 heterocycles. The first-order valence-corrected chi connectivity index (χ1v) is 7.89. The second-order valence-corrected chi connectivity index (χ2v) is 5.63. The third-order valence-corrected chi connectivity index (χ3v) is 4.21. The monoisotopic (exact) mass is 322 g/mol. The maximum absolute atomic E-state index is 9.06. The van der Waals surface area contributed by atoms with Crippen LogP contribution >= 0.6 is 11.3 Å². The van der Waals surface area contributed by atoms with Crippen LogP contribution in [-0.2, 0) is 6.61 Å². The third-order valence-electron chi connectivity index (χ3n) is 3.27. The Balaban J connectivity index is 1.71. The molecule has 1 aromatic heterocycles. The van der Waals surface area contributed by atoms with Crippen molar-refractivity contribution in [2.24, 2.45) is 0 Å². The van der Waals surface area contributed by atoms with E-state index in [1.807, 2.05) is 41.8 Å². The molecular weight excluding hydrogens is 308 g/mol. The largest absolute Gasteiger partial charge is 0.497 e. The van der Waals surface area contributed by atoms with Crippen LogP contribution in [0, 0.1) is 11.3 Å². The summed E-state index contributed by atoms with van der Waals surface area (Å²) >= 11 is 1.56. The Morgan fingerprint density at radius 2 is 1.91 bits per heavy atom. The van der Waals surface area contributed by atoms with Gasteiger partial charge in [0.05, 0.1) is 18.4 Å². The molecule has 0 saturated heterocycles. The summed E-state index contributed by atoms with van der Waals surface area (Å²) in [6.07, 6.45) is 0. The molecule has 0 bridgehead atoms. The van der Waals surface area contributed by atoms with Crippen LogP contribution in [0.1, 0.15) is 11.3 Å². The fourth-order valence-electron chi connectivity index (χ4n) is 2.08. The van der Waals surface area contributed by atoms with Crippen molar-refractivity contribution in [1.29, 1.82) is 5.26 Å². The predicted molar refractivity (Wildman–Crippen MR) is 89.6 cm³/mol. The molecule has 114 valence electrons. The average Bonchev–Trinajstić information content (AvgIpc) is 3.09. The molecule has 0 aliphatic heterocycles. The van der Waals surface area contributed by atoms with Crippen molar-refractivity contribution in [3.63, 3.8) is 0 Å². The van der Waals surface area contributed by atoms with Gasteiger partial charge in [-0.25, -0.2) is 4.98 Å². The molecule has 0 aliphatic carbocycles. The number of nitriles is 1. The second kappa shape index (κ2) is 6.95. The minimum Gasteiger partial charge on any atom is -0.497 e. The SMILES string of the molecule is COc1ccc(-c2nc(COc3ccccc3C#N)cs2)cc1. The van der Waals surface area contributed by atoms with Crippen molar-refractivity contribution in [2.45, 2.75) is 6.61 Å². The lowest BCUT2D eigenvalue weighted by atomic mass is 10.2. The minimum atomic E-state index is 0.339. The number of nitrogens with zero attached hydrogens (tertiary/aromatic N) is 2. The maximum atomic E-state index is 9.06. The highest BCUT2D eigenvalue weighted by molar-refractivity contribution is 7.13. The van der Waals surface area contributed by atoms with Gasteiger partial charge in [-0.05, 0) is 36.4 Å². The van der Waals surface area contributed by atoms with Crippen molar-refractivity contribution >= 4 is 11.3 Å². The average molecular weight is 322 g/mol. The molecule has 0 saturated carbocycles. The first-order valence-electron chi connectivity index (χ1n) is 7.01. The summed E-state index contributed by atoms with van der Waals surface area (Å²) in [7, 11) is 1.65. The lowest BCUT2D eigenvalue weighted by Gasteiger charge is -2.05. The van der Waals surface area contributed by atoms with Gasteiger partial charge in [0.25, 0.3) is 0 Å². The van der Waals surface area contributed by atoms with Crippen LogP contribution in [-0.4, -0.2) is 12.1 Å². The van der Waals surface area contributed by atoms with E-state index in [0.717, 1.165) is 22.0 Å². The standard InChI is InChI=1S/C18H14N2O2S/c1-21-16-8-6-13(7-9-16)18-20-15(12-23-18)11-22-17-5-3-2-4-14(17)10-19/h2-9,12H,11H2,1H3. The van der Waals surface area contributed by atoms with E-state index in [9.17, 15) is 0 Å². The molecule has 5 heteroatoms. The quantitative estimate of drug-likeness (QED) is 0.704. The van der Waals surface area contributed by atoms with E-state index in [2.05, 4.69) is 11.1 Å². The smallest absolute Gasteiger partial charge is 0.137 e. The first kappa shape index (κ1) is 15.1. The molecule has 23 heavy (non-hydrogen) atoms. The summed E-state index contributed by atoms with van der Waals surface area (Å²) in [4.78, 5) is 4.58. The number of aromatic nitrogens is 1. The van der Waals surface area contributed by atoms with E-state index in [1.165, 1.54) is 0 Å². The fraction of sp³-hybridized carbons (Fsp3) is 0.111. The van der Waals surface area contributed by atoms with Crippen LogP contribution in [0.5, 0.6) is 11.5 Å². The van der Waals surface area contributed by atoms with Gasteiger partial charge < -0.3 is 9.47 Å². The van der Waals surface area contributed by atoms with E-state index in [-0.39, 0.29) is 0 Å². The van der Waals surface area contributed by atoms with Crippen LogP contribution in [0.15, 0.2) is 53.9 Å². The molecule has 3 aromatic rings. The van der Waals surface area contributed by atoms with Gasteiger partial charge in [-0.1, -0.05) is 12.1 Å². The predicted octanol–water partition coefficient (Wildman–Crippen LogP) is 4.27. The molecule has 0 radical (unpaired) electrons. The first-order chi connectivity index (χ1) is 11.3. The second-order valence-electron chi connectivity index (χ2n) is 4.77. The van der Waals surface area contributed by atoms with Gasteiger partial charge in [0.2, 0.25) is 0 Å². The van der Waals surface area contributed by atoms with Crippen molar-refractivity contribution in [3.05, 3.63) is 65.2 Å². The summed E-state index contributed by atoms with van der Waals surface area (Å²) < 4.78 is 10.9. The highest BCUT2D eigenvalue weighted by atomic mass is 32.1. The summed E-state index contributed by atoms with van der Waals surface area (Å²) in [6.45, 7) is 0.339. The number of thiazole rings is 1. The number of methoxy groups -OCH3 is 1. The molecule has 3 rings (SSSR count). The highest BCUT2D eigenvalue weighted by Gasteiger charge is 2.07. The van der Waals surface area contributed by atoms with Crippen LogP contribution < -0.4 is 9.47 Å². The molecule has 0 unspecified atom stereocenters. The summed E-state index contributed by atoms with van der Waals surface area (Å²) in [5.41, 5.74) is 2.41. The lowest BCUT2D eigenvalue weighted by molar-refractivity contribution is 0.301. The van der Waals surface area contributed by atoms with E-state index >= 15 is 0 Å². The number of ether oxygens (including phenoxy) is 2. The van der Waals surface area contributed by atoms with E-state index in [0.29, 0.717) is 17.9 Å². The number of para-hydroxylation sites is 1. The molecule has 0 amide bonds. The maximum Gasteiger partial charge on any atom is 0.137 e. The number of benzene rings is 2. The van der Waals surface area contributed by atoms with Crippen LogP contribution in [0.2, 0.25) is 0 Å². The van der Waals surface area contributed by atoms with Gasteiger partial charge in [-0.3, -0.25) is 0 Å². The van der Waals surface area contributed by atoms with Crippen LogP contribution in [0.25, 0.3) is 10.6 Å². The van der Waals surface area contributed by atoms with E-state index < -0.39 is 0 Å². The Bertz CT molecular complexity index is 835. The van der Waals surface area contributed by atoms with Gasteiger partial charge >= 0.3 is 0 Å². The Kier molecular flexibility index (Phi) is 4.55. The Morgan fingerprint density at radius 3 is 2.65 bits per heavy atom. The molecule has 0 aliphatic rings. The van der Waals surface area contributed by atoms with Crippen molar-refractivity contribution in [2.75, 3.05) is 7.11 Å². The normalized spacial score (nSPS) is 10.1. The third kappa shape index (κ3) is 3.50. The summed E-state index contributed by atoms with van der Waals surface area (Å²) in [5.74, 6) is 1.40. The molecule has 0 spiro atoms. The van der Waals surface area contributed by atoms with Gasteiger partial charge in [-0.15, -0.1) is 11.3 Å². The zero-order chi connectivity index (χ0) is 16.1. The summed E-state index contributed by atoms with van der Waals surface area (Å²) in [6, 6.07) is 17.1. The van der Waals surface area contributed by atoms with Gasteiger partial charge in [-0.2, -0.15) is 5.26 Å². The zero-order valence-electron chi connectivity index (χ0n) is 12.5. The Labute approximate surface area is 138 Å². The van der Waals surface area contributed by atoms with Gasteiger partial charge in [0.15, 0.2) is 0 Å².